The van der Waals surface area contributed by atoms with E-state index in [-0.39, 0.29) is 11.0 Å². The number of carbonyl (C=O) groups excluding carboxylic acids is 1. The van der Waals surface area contributed by atoms with Gasteiger partial charge in [0.15, 0.2) is 5.11 Å². The molecule has 1 amide bonds. The van der Waals surface area contributed by atoms with Gasteiger partial charge in [-0.15, -0.1) is 0 Å². The van der Waals surface area contributed by atoms with Crippen LogP contribution in [0.15, 0.2) is 24.3 Å². The Morgan fingerprint density at radius 3 is 2.29 bits per heavy atom. The lowest BCUT2D eigenvalue weighted by Gasteiger charge is -2.12. The summed E-state index contributed by atoms with van der Waals surface area (Å²) in [5.41, 5.74) is 6.80. The predicted octanol–water partition coefficient (Wildman–Crippen LogP) is 2.33. The molecule has 0 bridgehead atoms. The highest BCUT2D eigenvalue weighted by Crippen LogP contribution is 2.21. The maximum atomic E-state index is 11.7. The molecule has 4 nitrogen and oxygen atoms in total. The van der Waals surface area contributed by atoms with Crippen LogP contribution in [0.2, 0.25) is 0 Å². The molecule has 0 saturated carbocycles. The third-order valence-corrected chi connectivity index (χ3v) is 2.15. The van der Waals surface area contributed by atoms with E-state index in [1.54, 1.807) is 6.07 Å². The number of nitrogens with one attached hydrogen (secondary N) is 2. The fraction of sp³-hybridized carbons (Fsp3) is 0.333. The van der Waals surface area contributed by atoms with Crippen LogP contribution in [0.1, 0.15) is 20.3 Å². The lowest BCUT2D eigenvalue weighted by atomic mass is 10.1. The molecule has 17 heavy (non-hydrogen) atoms. The van der Waals surface area contributed by atoms with Crippen LogP contribution in [0.5, 0.6) is 0 Å². The molecule has 0 unspecified atom stereocenters. The zero-order valence-electron chi connectivity index (χ0n) is 9.99. The molecule has 92 valence electrons. The number of hydrogen-bond acceptors (Lipinski definition) is 2. The van der Waals surface area contributed by atoms with Gasteiger partial charge in [-0.3, -0.25) is 4.79 Å². The first-order valence-corrected chi connectivity index (χ1v) is 5.85. The molecule has 0 fully saturated rings. The summed E-state index contributed by atoms with van der Waals surface area (Å²) in [6.07, 6.45) is 0.488. The predicted molar refractivity (Wildman–Crippen MR) is 74.9 cm³/mol. The summed E-state index contributed by atoms with van der Waals surface area (Å²) in [5, 5.41) is 5.83. The molecule has 1 rings (SSSR count). The number of rotatable bonds is 4. The second-order valence-corrected chi connectivity index (χ2v) is 4.62. The molecule has 0 aliphatic rings. The third kappa shape index (κ3) is 4.82. The number of amides is 1. The van der Waals surface area contributed by atoms with Crippen molar-refractivity contribution in [2.75, 3.05) is 10.6 Å². The van der Waals surface area contributed by atoms with Gasteiger partial charge < -0.3 is 16.4 Å². The fourth-order valence-corrected chi connectivity index (χ4v) is 1.52. The molecule has 0 heterocycles. The second-order valence-electron chi connectivity index (χ2n) is 4.18. The van der Waals surface area contributed by atoms with Gasteiger partial charge in [-0.1, -0.05) is 26.0 Å². The van der Waals surface area contributed by atoms with E-state index in [1.807, 2.05) is 32.0 Å². The smallest absolute Gasteiger partial charge is 0.224 e. The van der Waals surface area contributed by atoms with Crippen molar-refractivity contribution in [3.05, 3.63) is 24.3 Å². The number of thiocarbonyl (C=S) groups is 1. The molecular weight excluding hydrogens is 234 g/mol. The fourth-order valence-electron chi connectivity index (χ4n) is 1.41. The van der Waals surface area contributed by atoms with E-state index in [4.69, 9.17) is 18.0 Å². The molecule has 0 aliphatic carbocycles. The summed E-state index contributed by atoms with van der Waals surface area (Å²) in [7, 11) is 0. The summed E-state index contributed by atoms with van der Waals surface area (Å²) in [6.45, 7) is 4.00. The van der Waals surface area contributed by atoms with Crippen molar-refractivity contribution in [1.29, 1.82) is 0 Å². The van der Waals surface area contributed by atoms with Crippen LogP contribution in [0, 0.1) is 5.92 Å². The number of carbonyl (C=O) groups is 1. The van der Waals surface area contributed by atoms with E-state index in [0.717, 1.165) is 0 Å². The lowest BCUT2D eigenvalue weighted by Crippen LogP contribution is -2.21. The molecule has 0 saturated heterocycles. The van der Waals surface area contributed by atoms with Gasteiger partial charge in [0.25, 0.3) is 0 Å². The van der Waals surface area contributed by atoms with Crippen LogP contribution in [0.3, 0.4) is 0 Å². The Morgan fingerprint density at radius 2 is 1.82 bits per heavy atom. The van der Waals surface area contributed by atoms with E-state index >= 15 is 0 Å². The molecule has 1 aromatic rings. The van der Waals surface area contributed by atoms with E-state index < -0.39 is 0 Å². The molecule has 0 atom stereocenters. The van der Waals surface area contributed by atoms with E-state index in [2.05, 4.69) is 10.6 Å². The molecule has 0 aromatic heterocycles. The molecular formula is C12H17N3OS. The van der Waals surface area contributed by atoms with Gasteiger partial charge >= 0.3 is 0 Å². The van der Waals surface area contributed by atoms with Gasteiger partial charge in [-0.25, -0.2) is 0 Å². The van der Waals surface area contributed by atoms with E-state index in [0.29, 0.717) is 23.7 Å². The second kappa shape index (κ2) is 6.20. The largest absolute Gasteiger partial charge is 0.376 e. The Morgan fingerprint density at radius 1 is 1.29 bits per heavy atom. The quantitative estimate of drug-likeness (QED) is 0.718. The molecule has 0 radical (unpaired) electrons. The molecule has 4 N–H and O–H groups in total. The number of anilines is 2. The maximum Gasteiger partial charge on any atom is 0.224 e. The Kier molecular flexibility index (Phi) is 4.90. The lowest BCUT2D eigenvalue weighted by molar-refractivity contribution is -0.116. The highest BCUT2D eigenvalue weighted by atomic mass is 32.1. The van der Waals surface area contributed by atoms with Gasteiger partial charge in [0.1, 0.15) is 0 Å². The molecule has 1 aromatic carbocycles. The number of hydrogen-bond donors (Lipinski definition) is 3. The zero-order chi connectivity index (χ0) is 12.8. The van der Waals surface area contributed by atoms with Crippen molar-refractivity contribution in [2.45, 2.75) is 20.3 Å². The Balaban J connectivity index is 2.76. The van der Waals surface area contributed by atoms with Crippen LogP contribution in [0.25, 0.3) is 0 Å². The molecule has 0 aliphatic heterocycles. The first kappa shape index (κ1) is 13.4. The van der Waals surface area contributed by atoms with Gasteiger partial charge in [0, 0.05) is 6.42 Å². The van der Waals surface area contributed by atoms with E-state index in [9.17, 15) is 4.79 Å². The van der Waals surface area contributed by atoms with Gasteiger partial charge in [0.2, 0.25) is 5.91 Å². The van der Waals surface area contributed by atoms with E-state index in [1.165, 1.54) is 0 Å². The SMILES string of the molecule is CC(C)CC(=O)Nc1ccccc1NC(N)=S. The molecule has 5 heteroatoms. The Bertz CT molecular complexity index is 418. The van der Waals surface area contributed by atoms with Crippen molar-refractivity contribution in [3.8, 4) is 0 Å². The minimum absolute atomic E-state index is 0.0165. The summed E-state index contributed by atoms with van der Waals surface area (Å²) >= 11 is 4.77. The van der Waals surface area contributed by atoms with Gasteiger partial charge in [-0.2, -0.15) is 0 Å². The topological polar surface area (TPSA) is 67.2 Å². The number of nitrogens with two attached hydrogens (primary N) is 1. The summed E-state index contributed by atoms with van der Waals surface area (Å²) in [5.74, 6) is 0.308. The van der Waals surface area contributed by atoms with Crippen molar-refractivity contribution in [3.63, 3.8) is 0 Å². The average Bonchev–Trinajstić information content (AvgIpc) is 2.18. The highest BCUT2D eigenvalue weighted by molar-refractivity contribution is 7.80. The van der Waals surface area contributed by atoms with Crippen molar-refractivity contribution < 1.29 is 4.79 Å². The van der Waals surface area contributed by atoms with Crippen molar-refractivity contribution in [1.82, 2.24) is 0 Å². The number of para-hydroxylation sites is 2. The number of benzene rings is 1. The van der Waals surface area contributed by atoms with Crippen LogP contribution < -0.4 is 16.4 Å². The summed E-state index contributed by atoms with van der Waals surface area (Å²) < 4.78 is 0. The minimum Gasteiger partial charge on any atom is -0.376 e. The van der Waals surface area contributed by atoms with Gasteiger partial charge in [-0.05, 0) is 30.3 Å². The average molecular weight is 251 g/mol. The summed E-state index contributed by atoms with van der Waals surface area (Å²) in [6, 6.07) is 7.30. The normalized spacial score (nSPS) is 10.1. The standard InChI is InChI=1S/C12H17N3OS/c1-8(2)7-11(16)14-9-5-3-4-6-10(9)15-12(13)17/h3-6,8H,7H2,1-2H3,(H,14,16)(H3,13,15,17). The van der Waals surface area contributed by atoms with Crippen LogP contribution in [-0.4, -0.2) is 11.0 Å². The molecule has 0 spiro atoms. The Labute approximate surface area is 107 Å². The van der Waals surface area contributed by atoms with Gasteiger partial charge in [0.05, 0.1) is 11.4 Å². The maximum absolute atomic E-state index is 11.7. The minimum atomic E-state index is -0.0165. The summed E-state index contributed by atoms with van der Waals surface area (Å²) in [4.78, 5) is 11.7. The monoisotopic (exact) mass is 251 g/mol. The van der Waals surface area contributed by atoms with Crippen LogP contribution in [0.4, 0.5) is 11.4 Å². The van der Waals surface area contributed by atoms with Crippen LogP contribution in [-0.2, 0) is 4.79 Å². The van der Waals surface area contributed by atoms with Crippen LogP contribution >= 0.6 is 12.2 Å². The first-order valence-electron chi connectivity index (χ1n) is 5.44. The van der Waals surface area contributed by atoms with Crippen molar-refractivity contribution >= 4 is 34.6 Å². The van der Waals surface area contributed by atoms with Crippen molar-refractivity contribution in [2.24, 2.45) is 11.7 Å². The first-order chi connectivity index (χ1) is 7.99. The zero-order valence-corrected chi connectivity index (χ0v) is 10.8. The third-order valence-electron chi connectivity index (χ3n) is 2.05. The Hall–Kier alpha value is -1.62. The highest BCUT2D eigenvalue weighted by Gasteiger charge is 2.08.